The smallest absolute Gasteiger partial charge is 0.253 e. The van der Waals surface area contributed by atoms with Crippen molar-refractivity contribution in [1.29, 1.82) is 0 Å². The van der Waals surface area contributed by atoms with Crippen LogP contribution >= 0.6 is 0 Å². The molecule has 0 unspecified atom stereocenters. The molecule has 0 fully saturated rings. The van der Waals surface area contributed by atoms with Crippen molar-refractivity contribution >= 4 is 28.2 Å². The fourth-order valence-corrected chi connectivity index (χ4v) is 3.85. The number of carbonyl (C=O) groups is 1. The molecule has 1 amide bonds. The molecule has 0 saturated heterocycles. The van der Waals surface area contributed by atoms with Crippen LogP contribution in [-0.4, -0.2) is 49.1 Å². The average molecular weight is 435 g/mol. The minimum Gasteiger partial charge on any atom is -0.497 e. The average Bonchev–Trinajstić information content (AvgIpc) is 2.82. The molecule has 1 aromatic heterocycles. The van der Waals surface area contributed by atoms with Crippen LogP contribution < -0.4 is 15.4 Å². The number of amides is 1. The Morgan fingerprint density at radius 3 is 2.31 bits per heavy atom. The summed E-state index contributed by atoms with van der Waals surface area (Å²) in [6.45, 7) is 8.29. The van der Waals surface area contributed by atoms with Crippen LogP contribution in [0.25, 0.3) is 10.8 Å². The summed E-state index contributed by atoms with van der Waals surface area (Å²) in [6, 6.07) is 15.5. The van der Waals surface area contributed by atoms with Crippen molar-refractivity contribution in [3.8, 4) is 5.75 Å². The summed E-state index contributed by atoms with van der Waals surface area (Å²) in [6.07, 6.45) is 4.90. The molecule has 1 heterocycles. The van der Waals surface area contributed by atoms with Gasteiger partial charge in [0.2, 0.25) is 0 Å². The highest BCUT2D eigenvalue weighted by molar-refractivity contribution is 6.09. The van der Waals surface area contributed by atoms with Crippen molar-refractivity contribution in [2.75, 3.05) is 38.6 Å². The van der Waals surface area contributed by atoms with E-state index in [1.807, 2.05) is 48.5 Å². The number of nitrogens with one attached hydrogen (secondary N) is 2. The van der Waals surface area contributed by atoms with E-state index in [0.717, 1.165) is 66.9 Å². The van der Waals surface area contributed by atoms with E-state index in [2.05, 4.69) is 34.4 Å². The van der Waals surface area contributed by atoms with Crippen molar-refractivity contribution in [3.05, 3.63) is 60.3 Å². The molecule has 0 bridgehead atoms. The number of pyridine rings is 1. The third kappa shape index (κ3) is 6.20. The van der Waals surface area contributed by atoms with Crippen LogP contribution in [0.15, 0.2) is 54.7 Å². The fraction of sp³-hybridized carbons (Fsp3) is 0.385. The highest BCUT2D eigenvalue weighted by Crippen LogP contribution is 2.27. The molecule has 0 aliphatic rings. The van der Waals surface area contributed by atoms with Gasteiger partial charge >= 0.3 is 0 Å². The second kappa shape index (κ2) is 12.1. The topological polar surface area (TPSA) is 66.5 Å². The Morgan fingerprint density at radius 1 is 0.969 bits per heavy atom. The van der Waals surface area contributed by atoms with E-state index >= 15 is 0 Å². The summed E-state index contributed by atoms with van der Waals surface area (Å²) in [4.78, 5) is 19.9. The van der Waals surface area contributed by atoms with Gasteiger partial charge in [0.1, 0.15) is 11.6 Å². The van der Waals surface area contributed by atoms with Crippen LogP contribution in [0.3, 0.4) is 0 Å². The molecule has 2 aromatic carbocycles. The van der Waals surface area contributed by atoms with E-state index < -0.39 is 0 Å². The van der Waals surface area contributed by atoms with E-state index in [0.29, 0.717) is 12.1 Å². The minimum absolute atomic E-state index is 0.0813. The molecular formula is C26H34N4O2. The number of nitrogens with zero attached hydrogens (tertiary/aromatic N) is 2. The van der Waals surface area contributed by atoms with Gasteiger partial charge in [0.25, 0.3) is 5.91 Å². The first-order chi connectivity index (χ1) is 15.7. The predicted octanol–water partition coefficient (Wildman–Crippen LogP) is 5.23. The van der Waals surface area contributed by atoms with Gasteiger partial charge in [-0.2, -0.15) is 0 Å². The lowest BCUT2D eigenvalue weighted by Gasteiger charge is -2.20. The van der Waals surface area contributed by atoms with Crippen LogP contribution in [0.4, 0.5) is 11.5 Å². The number of methoxy groups -OCH3 is 1. The summed E-state index contributed by atoms with van der Waals surface area (Å²) >= 11 is 0. The molecule has 0 aliphatic carbocycles. The van der Waals surface area contributed by atoms with Crippen LogP contribution in [0.1, 0.15) is 43.5 Å². The van der Waals surface area contributed by atoms with Gasteiger partial charge in [-0.15, -0.1) is 0 Å². The Balaban J connectivity index is 1.68. The maximum atomic E-state index is 12.9. The summed E-state index contributed by atoms with van der Waals surface area (Å²) < 4.78 is 5.22. The molecule has 0 radical (unpaired) electrons. The predicted molar refractivity (Wildman–Crippen MR) is 132 cm³/mol. The first-order valence-electron chi connectivity index (χ1n) is 11.5. The molecule has 6 heteroatoms. The number of benzene rings is 2. The first kappa shape index (κ1) is 23.5. The van der Waals surface area contributed by atoms with Crippen molar-refractivity contribution in [3.63, 3.8) is 0 Å². The van der Waals surface area contributed by atoms with Gasteiger partial charge < -0.3 is 20.3 Å². The molecule has 0 saturated carbocycles. The van der Waals surface area contributed by atoms with E-state index in [9.17, 15) is 4.79 Å². The number of hydrogen-bond acceptors (Lipinski definition) is 5. The Bertz CT molecular complexity index is 998. The van der Waals surface area contributed by atoms with E-state index in [-0.39, 0.29) is 5.91 Å². The largest absolute Gasteiger partial charge is 0.497 e. The van der Waals surface area contributed by atoms with Gasteiger partial charge in [-0.05, 0) is 68.5 Å². The third-order valence-electron chi connectivity index (χ3n) is 5.41. The van der Waals surface area contributed by atoms with E-state index in [1.165, 1.54) is 0 Å². The first-order valence-corrected chi connectivity index (χ1v) is 11.5. The van der Waals surface area contributed by atoms with Crippen molar-refractivity contribution in [2.24, 2.45) is 0 Å². The van der Waals surface area contributed by atoms with Crippen molar-refractivity contribution < 1.29 is 9.53 Å². The van der Waals surface area contributed by atoms with Crippen molar-refractivity contribution in [1.82, 2.24) is 15.2 Å². The van der Waals surface area contributed by atoms with Gasteiger partial charge in [0.15, 0.2) is 0 Å². The normalized spacial score (nSPS) is 11.0. The van der Waals surface area contributed by atoms with E-state index in [4.69, 9.17) is 4.74 Å². The molecule has 2 N–H and O–H groups in total. The van der Waals surface area contributed by atoms with Gasteiger partial charge in [-0.1, -0.05) is 38.1 Å². The second-order valence-corrected chi connectivity index (χ2v) is 7.87. The van der Waals surface area contributed by atoms with Crippen LogP contribution in [0.5, 0.6) is 5.75 Å². The Hall–Kier alpha value is -3.12. The Kier molecular flexibility index (Phi) is 8.87. The Labute approximate surface area is 191 Å². The van der Waals surface area contributed by atoms with Gasteiger partial charge in [-0.3, -0.25) is 4.79 Å². The molecule has 6 nitrogen and oxygen atoms in total. The van der Waals surface area contributed by atoms with E-state index in [1.54, 1.807) is 13.3 Å². The summed E-state index contributed by atoms with van der Waals surface area (Å²) in [5, 5.41) is 8.22. The van der Waals surface area contributed by atoms with Crippen LogP contribution in [0.2, 0.25) is 0 Å². The number of anilines is 2. The zero-order valence-corrected chi connectivity index (χ0v) is 19.4. The number of fused-ring (bicyclic) bond motifs is 1. The second-order valence-electron chi connectivity index (χ2n) is 7.87. The molecule has 0 atom stereocenters. The van der Waals surface area contributed by atoms with Gasteiger partial charge in [-0.25, -0.2) is 4.98 Å². The maximum absolute atomic E-state index is 12.9. The zero-order chi connectivity index (χ0) is 22.8. The van der Waals surface area contributed by atoms with Gasteiger partial charge in [0, 0.05) is 23.8 Å². The number of hydrogen-bond donors (Lipinski definition) is 2. The highest BCUT2D eigenvalue weighted by atomic mass is 16.5. The molecule has 0 aliphatic heterocycles. The Morgan fingerprint density at radius 2 is 1.66 bits per heavy atom. The number of carbonyl (C=O) groups excluding carboxylic acids is 1. The minimum atomic E-state index is -0.0813. The fourth-order valence-electron chi connectivity index (χ4n) is 3.85. The zero-order valence-electron chi connectivity index (χ0n) is 19.4. The summed E-state index contributed by atoms with van der Waals surface area (Å²) in [7, 11) is 1.65. The molecule has 32 heavy (non-hydrogen) atoms. The maximum Gasteiger partial charge on any atom is 0.253 e. The van der Waals surface area contributed by atoms with Crippen molar-refractivity contribution in [2.45, 2.75) is 33.1 Å². The lowest BCUT2D eigenvalue weighted by molar-refractivity contribution is 0.0953. The third-order valence-corrected chi connectivity index (χ3v) is 5.41. The summed E-state index contributed by atoms with van der Waals surface area (Å²) in [5.74, 6) is 1.44. The van der Waals surface area contributed by atoms with Crippen LogP contribution in [-0.2, 0) is 0 Å². The number of aromatic nitrogens is 1. The molecule has 0 spiro atoms. The molecule has 3 aromatic rings. The molecular weight excluding hydrogens is 400 g/mol. The quantitative estimate of drug-likeness (QED) is 0.382. The molecule has 3 rings (SSSR count). The monoisotopic (exact) mass is 434 g/mol. The van der Waals surface area contributed by atoms with Crippen LogP contribution in [0, 0.1) is 0 Å². The lowest BCUT2D eigenvalue weighted by atomic mass is 10.1. The standard InChI is InChI=1S/C26H34N4O2/c1-4-16-30(17-5-2)18-8-15-27-26(31)24-19-28-25(23-10-7-6-9-22(23)24)29-20-11-13-21(32-3)14-12-20/h6-7,9-14,19H,4-5,8,15-18H2,1-3H3,(H,27,31)(H,28,29). The number of rotatable bonds is 12. The number of ether oxygens (including phenoxy) is 1. The lowest BCUT2D eigenvalue weighted by Crippen LogP contribution is -2.31. The van der Waals surface area contributed by atoms with Gasteiger partial charge in [0.05, 0.1) is 12.7 Å². The molecule has 170 valence electrons. The highest BCUT2D eigenvalue weighted by Gasteiger charge is 2.14. The SMILES string of the molecule is CCCN(CCC)CCCNC(=O)c1cnc(Nc2ccc(OC)cc2)c2ccccc12. The summed E-state index contributed by atoms with van der Waals surface area (Å²) in [5.41, 5.74) is 1.50.